The fraction of sp³-hybridized carbons (Fsp3) is 0.125. The maximum absolute atomic E-state index is 14.5. The minimum Gasteiger partial charge on any atom is -0.479 e. The third-order valence-corrected chi connectivity index (χ3v) is 5.68. The van der Waals surface area contributed by atoms with Gasteiger partial charge in [-0.25, -0.2) is 14.4 Å². The van der Waals surface area contributed by atoms with E-state index in [0.717, 1.165) is 16.9 Å². The number of anilines is 2. The fourth-order valence-corrected chi connectivity index (χ4v) is 3.99. The van der Waals surface area contributed by atoms with E-state index in [0.29, 0.717) is 39.3 Å². The molecule has 0 atom stereocenters. The van der Waals surface area contributed by atoms with Gasteiger partial charge < -0.3 is 19.2 Å². The minimum atomic E-state index is -0.392. The quantitative estimate of drug-likeness (QED) is 0.364. The molecule has 0 fully saturated rings. The van der Waals surface area contributed by atoms with Gasteiger partial charge in [0.1, 0.15) is 28.7 Å². The number of imidazole rings is 2. The van der Waals surface area contributed by atoms with E-state index in [1.54, 1.807) is 25.6 Å². The van der Waals surface area contributed by atoms with E-state index in [2.05, 4.69) is 15.3 Å². The SMILES string of the molecule is COc1nc(Nc2cc(F)cc3c2nc(-c2ccccc2Cl)n3C)ccc1-n1cnc(C)c1. The van der Waals surface area contributed by atoms with Crippen molar-refractivity contribution < 1.29 is 9.13 Å². The van der Waals surface area contributed by atoms with Crippen molar-refractivity contribution in [2.24, 2.45) is 7.05 Å². The number of halogens is 2. The number of aryl methyl sites for hydroxylation is 2. The lowest BCUT2D eigenvalue weighted by molar-refractivity contribution is 0.396. The van der Waals surface area contributed by atoms with E-state index in [4.69, 9.17) is 21.3 Å². The van der Waals surface area contributed by atoms with Crippen LogP contribution < -0.4 is 10.1 Å². The zero-order chi connectivity index (χ0) is 23.1. The number of nitrogens with one attached hydrogen (secondary N) is 1. The summed E-state index contributed by atoms with van der Waals surface area (Å²) in [6.45, 7) is 1.91. The van der Waals surface area contributed by atoms with Crippen LogP contribution in [0.4, 0.5) is 15.9 Å². The Morgan fingerprint density at radius 3 is 2.64 bits per heavy atom. The highest BCUT2D eigenvalue weighted by atomic mass is 35.5. The van der Waals surface area contributed by atoms with Crippen LogP contribution in [0.1, 0.15) is 5.69 Å². The Balaban J connectivity index is 1.58. The van der Waals surface area contributed by atoms with Gasteiger partial charge in [-0.15, -0.1) is 0 Å². The van der Waals surface area contributed by atoms with Crippen LogP contribution >= 0.6 is 11.6 Å². The van der Waals surface area contributed by atoms with Gasteiger partial charge in [0.2, 0.25) is 5.88 Å². The molecule has 0 aliphatic heterocycles. The first kappa shape index (κ1) is 21.0. The fourth-order valence-electron chi connectivity index (χ4n) is 3.77. The molecule has 3 heterocycles. The Bertz CT molecular complexity index is 1490. The Hall–Kier alpha value is -3.91. The molecule has 2 aromatic carbocycles. The molecule has 0 saturated carbocycles. The van der Waals surface area contributed by atoms with Gasteiger partial charge in [0, 0.05) is 18.8 Å². The van der Waals surface area contributed by atoms with E-state index in [1.807, 2.05) is 53.6 Å². The molecule has 0 spiro atoms. The molecule has 0 unspecified atom stereocenters. The van der Waals surface area contributed by atoms with Crippen LogP contribution in [0.2, 0.25) is 5.02 Å². The summed E-state index contributed by atoms with van der Waals surface area (Å²) in [7, 11) is 3.38. The summed E-state index contributed by atoms with van der Waals surface area (Å²) in [4.78, 5) is 13.6. The Morgan fingerprint density at radius 2 is 1.91 bits per heavy atom. The number of nitrogens with zero attached hydrogens (tertiary/aromatic N) is 5. The topological polar surface area (TPSA) is 69.8 Å². The van der Waals surface area contributed by atoms with Crippen molar-refractivity contribution in [1.29, 1.82) is 0 Å². The predicted octanol–water partition coefficient (Wildman–Crippen LogP) is 5.67. The van der Waals surface area contributed by atoms with Gasteiger partial charge in [0.25, 0.3) is 0 Å². The Kier molecular flexibility index (Phi) is 5.22. The molecular weight excluding hydrogens is 443 g/mol. The van der Waals surface area contributed by atoms with Crippen molar-refractivity contribution in [2.45, 2.75) is 6.92 Å². The van der Waals surface area contributed by atoms with Gasteiger partial charge in [0.05, 0.1) is 35.4 Å². The van der Waals surface area contributed by atoms with Gasteiger partial charge >= 0.3 is 0 Å². The molecule has 3 aromatic heterocycles. The first-order valence-corrected chi connectivity index (χ1v) is 10.6. The average Bonchev–Trinajstić information content (AvgIpc) is 3.37. The van der Waals surface area contributed by atoms with E-state index < -0.39 is 5.82 Å². The number of hydrogen-bond acceptors (Lipinski definition) is 5. The lowest BCUT2D eigenvalue weighted by Crippen LogP contribution is -2.02. The second-order valence-corrected chi connectivity index (χ2v) is 7.97. The van der Waals surface area contributed by atoms with Crippen molar-refractivity contribution in [3.63, 3.8) is 0 Å². The average molecular weight is 463 g/mol. The smallest absolute Gasteiger partial charge is 0.240 e. The molecule has 9 heteroatoms. The number of pyridine rings is 1. The lowest BCUT2D eigenvalue weighted by Gasteiger charge is -2.12. The lowest BCUT2D eigenvalue weighted by atomic mass is 10.2. The number of ether oxygens (including phenoxy) is 1. The largest absolute Gasteiger partial charge is 0.479 e. The molecule has 0 radical (unpaired) electrons. The summed E-state index contributed by atoms with van der Waals surface area (Å²) in [6.07, 6.45) is 3.58. The monoisotopic (exact) mass is 462 g/mol. The van der Waals surface area contributed by atoms with Gasteiger partial charge in [0.15, 0.2) is 0 Å². The zero-order valence-electron chi connectivity index (χ0n) is 18.2. The summed E-state index contributed by atoms with van der Waals surface area (Å²) in [6, 6.07) is 13.9. The molecule has 0 amide bonds. The Labute approximate surface area is 194 Å². The predicted molar refractivity (Wildman–Crippen MR) is 127 cm³/mol. The van der Waals surface area contributed by atoms with Crippen LogP contribution in [-0.2, 0) is 7.05 Å². The van der Waals surface area contributed by atoms with Gasteiger partial charge in [-0.3, -0.25) is 0 Å². The molecule has 0 saturated heterocycles. The number of rotatable bonds is 5. The summed E-state index contributed by atoms with van der Waals surface area (Å²) in [5.41, 5.74) is 4.11. The van der Waals surface area contributed by atoms with Gasteiger partial charge in [-0.2, -0.15) is 4.98 Å². The third-order valence-electron chi connectivity index (χ3n) is 5.35. The van der Waals surface area contributed by atoms with Crippen molar-refractivity contribution >= 4 is 34.1 Å². The second kappa shape index (κ2) is 8.22. The zero-order valence-corrected chi connectivity index (χ0v) is 18.9. The molecule has 0 aliphatic carbocycles. The third kappa shape index (κ3) is 3.78. The molecule has 5 aromatic rings. The van der Waals surface area contributed by atoms with Crippen molar-refractivity contribution in [3.05, 3.63) is 77.6 Å². The number of benzene rings is 2. The summed E-state index contributed by atoms with van der Waals surface area (Å²) < 4.78 is 23.7. The van der Waals surface area contributed by atoms with Crippen molar-refractivity contribution in [1.82, 2.24) is 24.1 Å². The van der Waals surface area contributed by atoms with E-state index >= 15 is 0 Å². The van der Waals surface area contributed by atoms with Crippen LogP contribution in [-0.4, -0.2) is 31.2 Å². The molecule has 7 nitrogen and oxygen atoms in total. The van der Waals surface area contributed by atoms with Gasteiger partial charge in [-0.1, -0.05) is 23.7 Å². The number of hydrogen-bond donors (Lipinski definition) is 1. The molecular formula is C24H20ClFN6O. The summed E-state index contributed by atoms with van der Waals surface area (Å²) >= 11 is 6.39. The van der Waals surface area contributed by atoms with E-state index in [-0.39, 0.29) is 0 Å². The first-order valence-electron chi connectivity index (χ1n) is 10.2. The van der Waals surface area contributed by atoms with Crippen LogP contribution in [0.25, 0.3) is 28.1 Å². The highest BCUT2D eigenvalue weighted by molar-refractivity contribution is 6.33. The number of methoxy groups -OCH3 is 1. The normalized spacial score (nSPS) is 11.2. The maximum atomic E-state index is 14.5. The van der Waals surface area contributed by atoms with Crippen molar-refractivity contribution in [3.8, 4) is 23.0 Å². The molecule has 33 heavy (non-hydrogen) atoms. The molecule has 0 aliphatic rings. The molecule has 166 valence electrons. The molecule has 0 bridgehead atoms. The number of aromatic nitrogens is 5. The van der Waals surface area contributed by atoms with Crippen LogP contribution in [0.3, 0.4) is 0 Å². The van der Waals surface area contributed by atoms with Crippen LogP contribution in [0.15, 0.2) is 61.1 Å². The Morgan fingerprint density at radius 1 is 1.09 bits per heavy atom. The molecule has 1 N–H and O–H groups in total. The van der Waals surface area contributed by atoms with Crippen molar-refractivity contribution in [2.75, 3.05) is 12.4 Å². The number of fused-ring (bicyclic) bond motifs is 1. The standard InChI is InChI=1S/C24H20ClFN6O/c1-14-12-32(13-27-14)19-8-9-21(29-24(19)33-3)28-18-10-15(26)11-20-22(18)30-23(31(20)2)16-6-4-5-7-17(16)25/h4-13H,1-3H3,(H,28,29). The first-order chi connectivity index (χ1) is 15.9. The second-order valence-electron chi connectivity index (χ2n) is 7.57. The van der Waals surface area contributed by atoms with Crippen LogP contribution in [0.5, 0.6) is 5.88 Å². The van der Waals surface area contributed by atoms with E-state index in [9.17, 15) is 4.39 Å². The highest BCUT2D eigenvalue weighted by Gasteiger charge is 2.17. The maximum Gasteiger partial charge on any atom is 0.240 e. The summed E-state index contributed by atoms with van der Waals surface area (Å²) in [5.74, 6) is 1.14. The summed E-state index contributed by atoms with van der Waals surface area (Å²) in [5, 5.41) is 3.76. The van der Waals surface area contributed by atoms with Gasteiger partial charge in [-0.05, 0) is 43.3 Å². The van der Waals surface area contributed by atoms with Crippen LogP contribution in [0, 0.1) is 12.7 Å². The molecule has 5 rings (SSSR count). The minimum absolute atomic E-state index is 0.392. The van der Waals surface area contributed by atoms with E-state index in [1.165, 1.54) is 12.1 Å². The highest BCUT2D eigenvalue weighted by Crippen LogP contribution is 2.34.